The SMILES string of the molecule is O=[N+]([O-])c1ccc(O)c(N=Nc2ccc3c(S(=O)(=O)O)cccc3c2O)c1.[Na]. The molecule has 1 radical (unpaired) electrons. The van der Waals surface area contributed by atoms with E-state index >= 15 is 0 Å². The van der Waals surface area contributed by atoms with Crippen LogP contribution >= 0.6 is 0 Å². The van der Waals surface area contributed by atoms with Crippen molar-refractivity contribution in [2.45, 2.75) is 4.90 Å². The van der Waals surface area contributed by atoms with Gasteiger partial charge in [0.2, 0.25) is 0 Å². The van der Waals surface area contributed by atoms with E-state index in [2.05, 4.69) is 10.2 Å². The quantitative estimate of drug-likeness (QED) is 0.194. The number of azo groups is 1. The minimum Gasteiger partial charge on any atom is -0.506 e. The Labute approximate surface area is 180 Å². The molecule has 0 saturated heterocycles. The van der Waals surface area contributed by atoms with Gasteiger partial charge in [0.05, 0.1) is 4.92 Å². The smallest absolute Gasteiger partial charge is 0.295 e. The Morgan fingerprint density at radius 3 is 2.25 bits per heavy atom. The van der Waals surface area contributed by atoms with Crippen molar-refractivity contribution in [3.05, 3.63) is 58.6 Å². The number of phenolic OH excluding ortho intramolecular Hbond substituents is 2. The first-order valence-electron chi connectivity index (χ1n) is 7.30. The second kappa shape index (κ2) is 8.20. The molecule has 0 heterocycles. The Balaban J connectivity index is 0.00000280. The number of nitrogens with zero attached hydrogens (tertiary/aromatic N) is 3. The fourth-order valence-corrected chi connectivity index (χ4v) is 3.13. The van der Waals surface area contributed by atoms with Gasteiger partial charge in [-0.05, 0) is 18.2 Å². The van der Waals surface area contributed by atoms with Crippen LogP contribution in [0, 0.1) is 10.1 Å². The van der Waals surface area contributed by atoms with Crippen molar-refractivity contribution in [3.8, 4) is 11.5 Å². The van der Waals surface area contributed by atoms with Crippen LogP contribution in [0.5, 0.6) is 11.5 Å². The van der Waals surface area contributed by atoms with Gasteiger partial charge in [-0.1, -0.05) is 18.2 Å². The molecule has 139 valence electrons. The summed E-state index contributed by atoms with van der Waals surface area (Å²) >= 11 is 0. The van der Waals surface area contributed by atoms with Gasteiger partial charge in [0.15, 0.2) is 5.75 Å². The summed E-state index contributed by atoms with van der Waals surface area (Å²) in [6, 6.07) is 9.70. The van der Waals surface area contributed by atoms with Crippen LogP contribution in [0.4, 0.5) is 17.1 Å². The van der Waals surface area contributed by atoms with Crippen molar-refractivity contribution in [1.29, 1.82) is 0 Å². The molecule has 0 saturated carbocycles. The van der Waals surface area contributed by atoms with E-state index in [4.69, 9.17) is 0 Å². The first kappa shape index (κ1) is 21.7. The molecule has 3 rings (SSSR count). The van der Waals surface area contributed by atoms with Gasteiger partial charge in [-0.15, -0.1) is 10.2 Å². The third kappa shape index (κ3) is 4.29. The Kier molecular flexibility index (Phi) is 6.37. The van der Waals surface area contributed by atoms with Crippen molar-refractivity contribution < 1.29 is 28.1 Å². The Bertz CT molecular complexity index is 1210. The third-order valence-electron chi connectivity index (χ3n) is 3.68. The van der Waals surface area contributed by atoms with Crippen LogP contribution in [-0.4, -0.2) is 57.7 Å². The molecule has 0 amide bonds. The van der Waals surface area contributed by atoms with Crippen LogP contribution in [0.15, 0.2) is 63.7 Å². The Hall–Kier alpha value is -2.57. The molecule has 3 N–H and O–H groups in total. The Morgan fingerprint density at radius 2 is 1.61 bits per heavy atom. The number of aromatic hydroxyl groups is 2. The second-order valence-electron chi connectivity index (χ2n) is 5.39. The number of nitro benzene ring substituents is 1. The number of hydrogen-bond donors (Lipinski definition) is 3. The van der Waals surface area contributed by atoms with E-state index in [0.717, 1.165) is 18.2 Å². The van der Waals surface area contributed by atoms with Crippen molar-refractivity contribution in [1.82, 2.24) is 0 Å². The maximum atomic E-state index is 11.4. The molecule has 0 spiro atoms. The van der Waals surface area contributed by atoms with Crippen molar-refractivity contribution in [2.75, 3.05) is 0 Å². The first-order chi connectivity index (χ1) is 12.7. The van der Waals surface area contributed by atoms with E-state index in [1.165, 1.54) is 30.3 Å². The maximum Gasteiger partial charge on any atom is 0.295 e. The van der Waals surface area contributed by atoms with Crippen LogP contribution in [0.25, 0.3) is 10.8 Å². The number of hydrogen-bond acceptors (Lipinski definition) is 8. The monoisotopic (exact) mass is 412 g/mol. The van der Waals surface area contributed by atoms with E-state index < -0.39 is 20.8 Å². The first-order valence-corrected chi connectivity index (χ1v) is 8.74. The number of phenols is 2. The molecule has 12 heteroatoms. The standard InChI is InChI=1S/C16H11N3O7S.Na/c20-14-7-4-9(19(22)23)8-13(14)18-17-12-6-5-10-11(16(12)21)2-1-3-15(10)27(24,25)26;/h1-8,20-21H,(H,24,25,26);. The summed E-state index contributed by atoms with van der Waals surface area (Å²) in [5.41, 5.74) is -0.557. The summed E-state index contributed by atoms with van der Waals surface area (Å²) in [6.07, 6.45) is 0. The molecule has 0 unspecified atom stereocenters. The van der Waals surface area contributed by atoms with Gasteiger partial charge < -0.3 is 10.2 Å². The summed E-state index contributed by atoms with van der Waals surface area (Å²) in [5, 5.41) is 38.5. The molecule has 28 heavy (non-hydrogen) atoms. The molecule has 0 bridgehead atoms. The van der Waals surface area contributed by atoms with Gasteiger partial charge in [0, 0.05) is 52.5 Å². The van der Waals surface area contributed by atoms with E-state index in [-0.39, 0.29) is 68.0 Å². The normalized spacial score (nSPS) is 11.5. The predicted octanol–water partition coefficient (Wildman–Crippen LogP) is 3.44. The molecule has 0 aliphatic rings. The molecule has 0 atom stereocenters. The molecule has 3 aromatic rings. The minimum absolute atomic E-state index is 0. The summed E-state index contributed by atoms with van der Waals surface area (Å²) < 4.78 is 32.1. The molecular formula is C16H11N3NaO7S. The summed E-state index contributed by atoms with van der Waals surface area (Å²) in [6.45, 7) is 0. The zero-order valence-corrected chi connectivity index (χ0v) is 17.2. The zero-order chi connectivity index (χ0) is 19.8. The maximum absolute atomic E-state index is 11.4. The van der Waals surface area contributed by atoms with Crippen LogP contribution in [0.1, 0.15) is 0 Å². The van der Waals surface area contributed by atoms with Crippen LogP contribution < -0.4 is 0 Å². The van der Waals surface area contributed by atoms with Crippen molar-refractivity contribution in [3.63, 3.8) is 0 Å². The van der Waals surface area contributed by atoms with Crippen LogP contribution in [0.3, 0.4) is 0 Å². The van der Waals surface area contributed by atoms with Crippen molar-refractivity contribution in [2.24, 2.45) is 10.2 Å². The third-order valence-corrected chi connectivity index (χ3v) is 4.60. The number of rotatable bonds is 4. The van der Waals surface area contributed by atoms with E-state index in [1.54, 1.807) is 0 Å². The number of fused-ring (bicyclic) bond motifs is 1. The Morgan fingerprint density at radius 1 is 0.929 bits per heavy atom. The number of non-ortho nitro benzene ring substituents is 1. The van der Waals surface area contributed by atoms with E-state index in [1.807, 2.05) is 0 Å². The van der Waals surface area contributed by atoms with Gasteiger partial charge in [0.25, 0.3) is 15.8 Å². The van der Waals surface area contributed by atoms with Gasteiger partial charge in [-0.2, -0.15) is 8.42 Å². The fourth-order valence-electron chi connectivity index (χ4n) is 2.42. The largest absolute Gasteiger partial charge is 0.506 e. The molecule has 0 fully saturated rings. The second-order valence-corrected chi connectivity index (χ2v) is 6.78. The van der Waals surface area contributed by atoms with Crippen molar-refractivity contribution >= 4 is 67.5 Å². The number of nitro groups is 1. The van der Waals surface area contributed by atoms with Crippen LogP contribution in [-0.2, 0) is 10.1 Å². The van der Waals surface area contributed by atoms with Crippen LogP contribution in [0.2, 0.25) is 0 Å². The van der Waals surface area contributed by atoms with Gasteiger partial charge in [-0.25, -0.2) is 0 Å². The predicted molar refractivity (Wildman–Crippen MR) is 100 cm³/mol. The molecule has 0 aliphatic carbocycles. The van der Waals surface area contributed by atoms with Gasteiger partial charge in [0.1, 0.15) is 22.0 Å². The topological polar surface area (TPSA) is 163 Å². The summed E-state index contributed by atoms with van der Waals surface area (Å²) in [7, 11) is -4.49. The summed E-state index contributed by atoms with van der Waals surface area (Å²) in [5.74, 6) is -0.759. The molecule has 0 aliphatic heterocycles. The minimum atomic E-state index is -4.49. The molecule has 10 nitrogen and oxygen atoms in total. The van der Waals surface area contributed by atoms with Gasteiger partial charge in [-0.3, -0.25) is 14.7 Å². The molecule has 3 aromatic carbocycles. The number of benzene rings is 3. The summed E-state index contributed by atoms with van der Waals surface area (Å²) in [4.78, 5) is 9.75. The van der Waals surface area contributed by atoms with E-state index in [9.17, 15) is 33.3 Å². The zero-order valence-electron chi connectivity index (χ0n) is 14.3. The average molecular weight is 412 g/mol. The fraction of sp³-hybridized carbons (Fsp3) is 0. The molecular weight excluding hydrogens is 401 g/mol. The van der Waals surface area contributed by atoms with Gasteiger partial charge >= 0.3 is 0 Å². The molecule has 0 aromatic heterocycles. The van der Waals surface area contributed by atoms with E-state index in [0.29, 0.717) is 0 Å². The average Bonchev–Trinajstić information content (AvgIpc) is 2.61.